The Morgan fingerprint density at radius 3 is 2.64 bits per heavy atom. The van der Waals surface area contributed by atoms with Gasteiger partial charge in [0, 0.05) is 30.8 Å². The predicted octanol–water partition coefficient (Wildman–Crippen LogP) is 1.04. The van der Waals surface area contributed by atoms with E-state index >= 15 is 0 Å². The largest absolute Gasteiger partial charge is 0.478 e. The van der Waals surface area contributed by atoms with E-state index in [1.807, 2.05) is 6.92 Å². The first-order valence-electron chi connectivity index (χ1n) is 8.56. The van der Waals surface area contributed by atoms with Crippen LogP contribution >= 0.6 is 0 Å². The Bertz CT molecular complexity index is 908. The van der Waals surface area contributed by atoms with Gasteiger partial charge in [0.2, 0.25) is 0 Å². The molecule has 11 nitrogen and oxygen atoms in total. The molecule has 1 aliphatic rings. The Balaban J connectivity index is 1.79. The number of nitrogens with zero attached hydrogens (tertiary/aromatic N) is 5. The Morgan fingerprint density at radius 2 is 2.04 bits per heavy atom. The van der Waals surface area contributed by atoms with Crippen molar-refractivity contribution in [2.24, 2.45) is 0 Å². The molecular weight excluding hydrogens is 370 g/mol. The minimum atomic E-state index is -1.34. The zero-order valence-electron chi connectivity index (χ0n) is 15.4. The van der Waals surface area contributed by atoms with Gasteiger partial charge in [0.1, 0.15) is 11.6 Å². The lowest BCUT2D eigenvalue weighted by Crippen LogP contribution is -2.47. The van der Waals surface area contributed by atoms with Crippen LogP contribution in [0, 0.1) is 24.0 Å². The highest BCUT2D eigenvalue weighted by atomic mass is 16.6. The molecule has 1 saturated heterocycles. The van der Waals surface area contributed by atoms with Crippen molar-refractivity contribution in [3.63, 3.8) is 0 Å². The van der Waals surface area contributed by atoms with E-state index in [2.05, 4.69) is 10.1 Å². The number of ether oxygens (including phenoxy) is 1. The van der Waals surface area contributed by atoms with Gasteiger partial charge in [-0.1, -0.05) is 0 Å². The number of morpholine rings is 1. The number of benzene rings is 1. The summed E-state index contributed by atoms with van der Waals surface area (Å²) in [5, 5.41) is 24.5. The topological polar surface area (TPSA) is 141 Å². The molecule has 1 aliphatic heterocycles. The summed E-state index contributed by atoms with van der Waals surface area (Å²) >= 11 is 0. The Hall–Kier alpha value is -3.34. The number of carboxylic acid groups (broad SMARTS) is 1. The monoisotopic (exact) mass is 389 g/mol. The molecule has 11 heteroatoms. The van der Waals surface area contributed by atoms with Crippen molar-refractivity contribution >= 4 is 17.6 Å². The van der Waals surface area contributed by atoms with Crippen molar-refractivity contribution in [2.75, 3.05) is 19.7 Å². The third kappa shape index (κ3) is 4.14. The molecular formula is C17H19N5O6. The summed E-state index contributed by atoms with van der Waals surface area (Å²) in [6, 6.07) is 3.16. The molecule has 1 fully saturated rings. The lowest BCUT2D eigenvalue weighted by molar-refractivity contribution is -0.384. The second-order valence-electron chi connectivity index (χ2n) is 6.46. The minimum absolute atomic E-state index is 0.0416. The lowest BCUT2D eigenvalue weighted by Gasteiger charge is -2.33. The summed E-state index contributed by atoms with van der Waals surface area (Å²) in [5.74, 6) is -0.450. The number of aryl methyl sites for hydroxylation is 2. The van der Waals surface area contributed by atoms with Gasteiger partial charge in [0.25, 0.3) is 11.6 Å². The van der Waals surface area contributed by atoms with Crippen LogP contribution in [0.4, 0.5) is 5.69 Å². The molecule has 2 aromatic rings. The maximum atomic E-state index is 12.8. The van der Waals surface area contributed by atoms with Crippen molar-refractivity contribution < 1.29 is 24.4 Å². The normalized spacial score (nSPS) is 16.8. The van der Waals surface area contributed by atoms with Gasteiger partial charge in [-0.15, -0.1) is 0 Å². The first kappa shape index (κ1) is 19.4. The highest BCUT2D eigenvalue weighted by Gasteiger charge is 2.28. The summed E-state index contributed by atoms with van der Waals surface area (Å²) in [4.78, 5) is 40.1. The Labute approximate surface area is 159 Å². The first-order valence-corrected chi connectivity index (χ1v) is 8.56. The molecule has 0 radical (unpaired) electrons. The Morgan fingerprint density at radius 1 is 1.32 bits per heavy atom. The minimum Gasteiger partial charge on any atom is -0.478 e. The second kappa shape index (κ2) is 7.72. The van der Waals surface area contributed by atoms with Crippen LogP contribution in [0.3, 0.4) is 0 Å². The molecule has 0 aliphatic carbocycles. The summed E-state index contributed by atoms with van der Waals surface area (Å²) in [5.41, 5.74) is -0.794. The smallest absolute Gasteiger partial charge is 0.335 e. The maximum absolute atomic E-state index is 12.8. The van der Waals surface area contributed by atoms with Gasteiger partial charge in [-0.05, 0) is 19.9 Å². The van der Waals surface area contributed by atoms with Gasteiger partial charge in [-0.2, -0.15) is 5.10 Å². The number of aromatic nitrogens is 3. The molecule has 0 saturated carbocycles. The fourth-order valence-electron chi connectivity index (χ4n) is 3.09. The van der Waals surface area contributed by atoms with E-state index in [9.17, 15) is 19.7 Å². The van der Waals surface area contributed by atoms with Crippen molar-refractivity contribution in [1.82, 2.24) is 19.7 Å². The number of carbonyl (C=O) groups excluding carboxylic acids is 1. The molecule has 3 rings (SSSR count). The van der Waals surface area contributed by atoms with E-state index in [0.717, 1.165) is 24.0 Å². The quantitative estimate of drug-likeness (QED) is 0.591. The van der Waals surface area contributed by atoms with E-state index in [1.165, 1.54) is 4.90 Å². The average Bonchev–Trinajstić information content (AvgIpc) is 2.97. The predicted molar refractivity (Wildman–Crippen MR) is 95.2 cm³/mol. The Kier molecular flexibility index (Phi) is 5.36. The third-order valence-electron chi connectivity index (χ3n) is 4.39. The highest BCUT2D eigenvalue weighted by Crippen LogP contribution is 2.20. The first-order chi connectivity index (χ1) is 13.2. The van der Waals surface area contributed by atoms with Gasteiger partial charge in [0.05, 0.1) is 29.7 Å². The van der Waals surface area contributed by atoms with Gasteiger partial charge in [0.15, 0.2) is 0 Å². The number of nitro groups is 1. The van der Waals surface area contributed by atoms with Crippen molar-refractivity contribution in [3.05, 3.63) is 51.1 Å². The summed E-state index contributed by atoms with van der Waals surface area (Å²) in [6.45, 7) is 4.86. The number of hydrogen-bond donors (Lipinski definition) is 1. The SMILES string of the molecule is Cc1nc(C)n(CC2CN(C(=O)c3cc(C(=O)O)cc([N+](=O)[O-])c3)CCO2)n1. The van der Waals surface area contributed by atoms with Crippen LogP contribution < -0.4 is 0 Å². The number of aromatic carboxylic acids is 1. The van der Waals surface area contributed by atoms with Crippen LogP contribution in [0.5, 0.6) is 0 Å². The van der Waals surface area contributed by atoms with E-state index in [1.54, 1.807) is 11.6 Å². The zero-order valence-corrected chi connectivity index (χ0v) is 15.4. The number of hydrogen-bond acceptors (Lipinski definition) is 7. The standard InChI is InChI=1S/C17H19N5O6/c1-10-18-11(2)21(19-10)9-15-8-20(3-4-28-15)16(23)12-5-13(17(24)25)7-14(6-12)22(26)27/h5-7,15H,3-4,8-9H2,1-2H3,(H,24,25). The van der Waals surface area contributed by atoms with E-state index < -0.39 is 22.5 Å². The molecule has 0 bridgehead atoms. The molecule has 1 N–H and O–H groups in total. The molecule has 1 unspecified atom stereocenters. The van der Waals surface area contributed by atoms with E-state index in [0.29, 0.717) is 25.5 Å². The summed E-state index contributed by atoms with van der Waals surface area (Å²) in [7, 11) is 0. The van der Waals surface area contributed by atoms with Gasteiger partial charge < -0.3 is 14.7 Å². The summed E-state index contributed by atoms with van der Waals surface area (Å²) in [6.07, 6.45) is -0.324. The molecule has 0 spiro atoms. The number of amides is 1. The molecule has 1 aromatic heterocycles. The van der Waals surface area contributed by atoms with Crippen LogP contribution in [-0.4, -0.2) is 67.4 Å². The maximum Gasteiger partial charge on any atom is 0.335 e. The van der Waals surface area contributed by atoms with Crippen LogP contribution in [-0.2, 0) is 11.3 Å². The van der Waals surface area contributed by atoms with Gasteiger partial charge in [-0.3, -0.25) is 14.9 Å². The van der Waals surface area contributed by atoms with Crippen molar-refractivity contribution in [2.45, 2.75) is 26.5 Å². The van der Waals surface area contributed by atoms with Crippen LogP contribution in [0.15, 0.2) is 18.2 Å². The fraction of sp³-hybridized carbons (Fsp3) is 0.412. The van der Waals surface area contributed by atoms with Crippen LogP contribution in [0.1, 0.15) is 32.4 Å². The molecule has 148 valence electrons. The zero-order chi connectivity index (χ0) is 20.4. The van der Waals surface area contributed by atoms with Gasteiger partial charge >= 0.3 is 5.97 Å². The average molecular weight is 389 g/mol. The number of rotatable bonds is 5. The number of non-ortho nitro benzene ring substituents is 1. The number of nitro benzene ring substituents is 1. The lowest BCUT2D eigenvalue weighted by atomic mass is 10.1. The highest BCUT2D eigenvalue weighted by molar-refractivity contribution is 5.98. The van der Waals surface area contributed by atoms with E-state index in [4.69, 9.17) is 9.84 Å². The molecule has 1 amide bonds. The molecule has 1 aromatic carbocycles. The van der Waals surface area contributed by atoms with Crippen molar-refractivity contribution in [1.29, 1.82) is 0 Å². The third-order valence-corrected chi connectivity index (χ3v) is 4.39. The fourth-order valence-corrected chi connectivity index (χ4v) is 3.09. The van der Waals surface area contributed by atoms with Crippen LogP contribution in [0.25, 0.3) is 0 Å². The van der Waals surface area contributed by atoms with Crippen LogP contribution in [0.2, 0.25) is 0 Å². The molecule has 2 heterocycles. The molecule has 1 atom stereocenters. The number of carboxylic acids is 1. The summed E-state index contributed by atoms with van der Waals surface area (Å²) < 4.78 is 7.40. The second-order valence-corrected chi connectivity index (χ2v) is 6.46. The van der Waals surface area contributed by atoms with Gasteiger partial charge in [-0.25, -0.2) is 14.5 Å². The van der Waals surface area contributed by atoms with E-state index in [-0.39, 0.29) is 23.8 Å². The molecule has 28 heavy (non-hydrogen) atoms. The number of carbonyl (C=O) groups is 2. The van der Waals surface area contributed by atoms with Crippen molar-refractivity contribution in [3.8, 4) is 0 Å².